The number of anilines is 1. The van der Waals surface area contributed by atoms with E-state index in [-0.39, 0.29) is 0 Å². The number of pyridine rings is 1. The van der Waals surface area contributed by atoms with Gasteiger partial charge in [-0.1, -0.05) is 12.1 Å². The molecule has 92 valence electrons. The van der Waals surface area contributed by atoms with Crippen LogP contribution in [0.3, 0.4) is 0 Å². The molecule has 1 aromatic heterocycles. The largest absolute Gasteiger partial charge is 0.454 e. The van der Waals surface area contributed by atoms with Crippen LogP contribution in [0.5, 0.6) is 11.5 Å². The van der Waals surface area contributed by atoms with Crippen molar-refractivity contribution in [2.24, 2.45) is 0 Å². The van der Waals surface area contributed by atoms with Gasteiger partial charge < -0.3 is 14.8 Å². The van der Waals surface area contributed by atoms with E-state index in [9.17, 15) is 0 Å². The maximum atomic E-state index is 5.46. The van der Waals surface area contributed by atoms with E-state index in [0.717, 1.165) is 22.9 Å². The summed E-state index contributed by atoms with van der Waals surface area (Å²) in [4.78, 5) is 4.27. The van der Waals surface area contributed by atoms with Gasteiger partial charge in [0.15, 0.2) is 11.5 Å². The number of aromatic nitrogens is 1. The lowest BCUT2D eigenvalue weighted by molar-refractivity contribution is 0.173. The summed E-state index contributed by atoms with van der Waals surface area (Å²) in [6.45, 7) is 3.02. The Morgan fingerprint density at radius 3 is 3.11 bits per heavy atom. The zero-order chi connectivity index (χ0) is 12.4. The number of para-hydroxylation sites is 1. The minimum atomic E-state index is 0.301. The summed E-state index contributed by atoms with van der Waals surface area (Å²) in [5.74, 6) is 2.51. The maximum Gasteiger partial charge on any atom is 0.231 e. The Morgan fingerprint density at radius 2 is 2.22 bits per heavy atom. The number of aryl methyl sites for hydroxylation is 1. The SMILES string of the molecule is Cc1ccnc(NCc2cccc3c2OCO3)c1. The third-order valence-corrected chi connectivity index (χ3v) is 2.85. The molecular formula is C14H14N2O2. The van der Waals surface area contributed by atoms with Gasteiger partial charge >= 0.3 is 0 Å². The molecule has 0 atom stereocenters. The summed E-state index contributed by atoms with van der Waals surface area (Å²) >= 11 is 0. The second-order valence-electron chi connectivity index (χ2n) is 4.22. The Balaban J connectivity index is 1.76. The number of nitrogens with one attached hydrogen (secondary N) is 1. The molecule has 0 saturated heterocycles. The minimum Gasteiger partial charge on any atom is -0.454 e. The fourth-order valence-corrected chi connectivity index (χ4v) is 1.95. The predicted molar refractivity (Wildman–Crippen MR) is 68.9 cm³/mol. The van der Waals surface area contributed by atoms with Crippen LogP contribution in [0.15, 0.2) is 36.5 Å². The summed E-state index contributed by atoms with van der Waals surface area (Å²) < 4.78 is 10.8. The summed E-state index contributed by atoms with van der Waals surface area (Å²) in [5, 5.41) is 3.28. The average molecular weight is 242 g/mol. The van der Waals surface area contributed by atoms with Crippen LogP contribution in [-0.2, 0) is 6.54 Å². The fraction of sp³-hybridized carbons (Fsp3) is 0.214. The van der Waals surface area contributed by atoms with Crippen molar-refractivity contribution in [3.63, 3.8) is 0 Å². The second-order valence-corrected chi connectivity index (χ2v) is 4.22. The van der Waals surface area contributed by atoms with Gasteiger partial charge in [0, 0.05) is 18.3 Å². The highest BCUT2D eigenvalue weighted by Gasteiger charge is 2.16. The molecule has 3 rings (SSSR count). The normalized spacial score (nSPS) is 12.5. The summed E-state index contributed by atoms with van der Waals surface area (Å²) in [6.07, 6.45) is 1.80. The van der Waals surface area contributed by atoms with E-state index in [1.54, 1.807) is 6.20 Å². The molecule has 18 heavy (non-hydrogen) atoms. The smallest absolute Gasteiger partial charge is 0.231 e. The first-order valence-corrected chi connectivity index (χ1v) is 5.87. The highest BCUT2D eigenvalue weighted by Crippen LogP contribution is 2.35. The first-order chi connectivity index (χ1) is 8.83. The van der Waals surface area contributed by atoms with Crippen LogP contribution in [-0.4, -0.2) is 11.8 Å². The zero-order valence-corrected chi connectivity index (χ0v) is 10.1. The number of benzene rings is 1. The van der Waals surface area contributed by atoms with Gasteiger partial charge in [-0.2, -0.15) is 0 Å². The van der Waals surface area contributed by atoms with Crippen molar-refractivity contribution in [3.8, 4) is 11.5 Å². The molecule has 1 aliphatic heterocycles. The Labute approximate surface area is 106 Å². The third kappa shape index (κ3) is 2.09. The molecule has 0 aliphatic carbocycles. The Hall–Kier alpha value is -2.23. The maximum absolute atomic E-state index is 5.46. The first-order valence-electron chi connectivity index (χ1n) is 5.87. The van der Waals surface area contributed by atoms with Gasteiger partial charge in [0.25, 0.3) is 0 Å². The van der Waals surface area contributed by atoms with E-state index in [0.29, 0.717) is 13.3 Å². The molecule has 1 aliphatic rings. The molecule has 0 spiro atoms. The van der Waals surface area contributed by atoms with Crippen LogP contribution in [0.2, 0.25) is 0 Å². The van der Waals surface area contributed by atoms with Crippen molar-refractivity contribution < 1.29 is 9.47 Å². The molecular weight excluding hydrogens is 228 g/mol. The number of rotatable bonds is 3. The molecule has 2 heterocycles. The van der Waals surface area contributed by atoms with Crippen LogP contribution in [0, 0.1) is 6.92 Å². The molecule has 1 aromatic carbocycles. The van der Waals surface area contributed by atoms with Crippen molar-refractivity contribution >= 4 is 5.82 Å². The average Bonchev–Trinajstić information content (AvgIpc) is 2.85. The summed E-state index contributed by atoms with van der Waals surface area (Å²) in [7, 11) is 0. The number of nitrogens with zero attached hydrogens (tertiary/aromatic N) is 1. The van der Waals surface area contributed by atoms with Gasteiger partial charge in [-0.25, -0.2) is 4.98 Å². The van der Waals surface area contributed by atoms with Gasteiger partial charge in [0.2, 0.25) is 6.79 Å². The highest BCUT2D eigenvalue weighted by molar-refractivity contribution is 5.49. The molecule has 0 fully saturated rings. The van der Waals surface area contributed by atoms with Crippen LogP contribution in [0.25, 0.3) is 0 Å². The van der Waals surface area contributed by atoms with E-state index in [2.05, 4.69) is 10.3 Å². The number of ether oxygens (including phenoxy) is 2. The molecule has 4 nitrogen and oxygen atoms in total. The molecule has 4 heteroatoms. The summed E-state index contributed by atoms with van der Waals surface area (Å²) in [5.41, 5.74) is 2.26. The number of hydrogen-bond donors (Lipinski definition) is 1. The van der Waals surface area contributed by atoms with Gasteiger partial charge in [-0.05, 0) is 30.7 Å². The fourth-order valence-electron chi connectivity index (χ4n) is 1.95. The van der Waals surface area contributed by atoms with Crippen molar-refractivity contribution in [2.45, 2.75) is 13.5 Å². The van der Waals surface area contributed by atoms with Crippen molar-refractivity contribution in [2.75, 3.05) is 12.1 Å². The monoisotopic (exact) mass is 242 g/mol. The van der Waals surface area contributed by atoms with E-state index >= 15 is 0 Å². The molecule has 2 aromatic rings. The molecule has 0 unspecified atom stereocenters. The zero-order valence-electron chi connectivity index (χ0n) is 10.1. The van der Waals surface area contributed by atoms with Crippen molar-refractivity contribution in [3.05, 3.63) is 47.7 Å². The second kappa shape index (κ2) is 4.56. The Bertz CT molecular complexity index is 569. The van der Waals surface area contributed by atoms with Crippen LogP contribution < -0.4 is 14.8 Å². The van der Waals surface area contributed by atoms with Gasteiger partial charge in [-0.3, -0.25) is 0 Å². The minimum absolute atomic E-state index is 0.301. The standard InChI is InChI=1S/C14H14N2O2/c1-10-5-6-15-13(7-10)16-8-11-3-2-4-12-14(11)18-9-17-12/h2-7H,8-9H2,1H3,(H,15,16). The van der Waals surface area contributed by atoms with Gasteiger partial charge in [0.05, 0.1) is 0 Å². The van der Waals surface area contributed by atoms with E-state index in [1.807, 2.05) is 37.3 Å². The van der Waals surface area contributed by atoms with Crippen LogP contribution in [0.1, 0.15) is 11.1 Å². The topological polar surface area (TPSA) is 43.4 Å². The van der Waals surface area contributed by atoms with Crippen LogP contribution >= 0.6 is 0 Å². The predicted octanol–water partition coefficient (Wildman–Crippen LogP) is 2.73. The quantitative estimate of drug-likeness (QED) is 0.898. The number of fused-ring (bicyclic) bond motifs is 1. The van der Waals surface area contributed by atoms with Crippen LogP contribution in [0.4, 0.5) is 5.82 Å². The summed E-state index contributed by atoms with van der Waals surface area (Å²) in [6, 6.07) is 9.89. The van der Waals surface area contributed by atoms with Gasteiger partial charge in [0.1, 0.15) is 5.82 Å². The van der Waals surface area contributed by atoms with Crippen molar-refractivity contribution in [1.29, 1.82) is 0 Å². The van der Waals surface area contributed by atoms with E-state index in [1.165, 1.54) is 5.56 Å². The van der Waals surface area contributed by atoms with E-state index in [4.69, 9.17) is 9.47 Å². The molecule has 0 radical (unpaired) electrons. The van der Waals surface area contributed by atoms with Gasteiger partial charge in [-0.15, -0.1) is 0 Å². The van der Waals surface area contributed by atoms with E-state index < -0.39 is 0 Å². The number of hydrogen-bond acceptors (Lipinski definition) is 4. The Kier molecular flexibility index (Phi) is 2.76. The third-order valence-electron chi connectivity index (χ3n) is 2.85. The lowest BCUT2D eigenvalue weighted by Crippen LogP contribution is -2.02. The van der Waals surface area contributed by atoms with Crippen molar-refractivity contribution in [1.82, 2.24) is 4.98 Å². The first kappa shape index (κ1) is 10.9. The molecule has 0 amide bonds. The lowest BCUT2D eigenvalue weighted by atomic mass is 10.2. The molecule has 1 N–H and O–H groups in total. The highest BCUT2D eigenvalue weighted by atomic mass is 16.7. The lowest BCUT2D eigenvalue weighted by Gasteiger charge is -2.08. The molecule has 0 bridgehead atoms. The Morgan fingerprint density at radius 1 is 1.28 bits per heavy atom. The molecule has 0 saturated carbocycles.